The van der Waals surface area contributed by atoms with Crippen molar-refractivity contribution >= 4 is 0 Å². The van der Waals surface area contributed by atoms with Crippen LogP contribution in [-0.2, 0) is 13.1 Å². The van der Waals surface area contributed by atoms with Crippen LogP contribution in [0.5, 0.6) is 0 Å². The van der Waals surface area contributed by atoms with Crippen LogP contribution in [0, 0.1) is 23.5 Å². The van der Waals surface area contributed by atoms with Gasteiger partial charge < -0.3 is 4.90 Å². The lowest BCUT2D eigenvalue weighted by Crippen LogP contribution is -2.36. The molecule has 0 saturated carbocycles. The summed E-state index contributed by atoms with van der Waals surface area (Å²) in [7, 11) is 0. The van der Waals surface area contributed by atoms with Crippen molar-refractivity contribution in [3.63, 3.8) is 0 Å². The summed E-state index contributed by atoms with van der Waals surface area (Å²) in [6.07, 6.45) is 8.64. The van der Waals surface area contributed by atoms with E-state index >= 15 is 0 Å². The second-order valence-corrected chi connectivity index (χ2v) is 8.30. The van der Waals surface area contributed by atoms with Gasteiger partial charge in [0.25, 0.3) is 0 Å². The molecule has 0 spiro atoms. The van der Waals surface area contributed by atoms with Gasteiger partial charge in [0.1, 0.15) is 0 Å². The summed E-state index contributed by atoms with van der Waals surface area (Å²) in [5.74, 6) is 0.125. The van der Waals surface area contributed by atoms with E-state index < -0.39 is 11.6 Å². The van der Waals surface area contributed by atoms with E-state index in [1.165, 1.54) is 38.4 Å². The molecule has 2 fully saturated rings. The first-order chi connectivity index (χ1) is 13.7. The fraction of sp³-hybridized carbons (Fsp3) is 0.591. The molecule has 2 saturated heterocycles. The molecule has 2 aliphatic heterocycles. The molecule has 2 aliphatic rings. The summed E-state index contributed by atoms with van der Waals surface area (Å²) >= 11 is 0. The molecule has 4 nitrogen and oxygen atoms in total. The van der Waals surface area contributed by atoms with E-state index in [1.54, 1.807) is 12.1 Å². The Morgan fingerprint density at radius 1 is 0.929 bits per heavy atom. The van der Waals surface area contributed by atoms with Crippen molar-refractivity contribution in [3.8, 4) is 0 Å². The fourth-order valence-electron chi connectivity index (χ4n) is 4.83. The van der Waals surface area contributed by atoms with Crippen molar-refractivity contribution in [2.75, 3.05) is 32.7 Å². The lowest BCUT2D eigenvalue weighted by Gasteiger charge is -2.35. The molecule has 1 aromatic carbocycles. The van der Waals surface area contributed by atoms with Gasteiger partial charge in [-0.05, 0) is 75.8 Å². The average molecular weight is 389 g/mol. The molecular formula is C22H30F2N4. The van der Waals surface area contributed by atoms with Crippen LogP contribution in [0.1, 0.15) is 31.2 Å². The topological polar surface area (TPSA) is 24.3 Å². The molecule has 0 unspecified atom stereocenters. The molecule has 2 aromatic rings. The Morgan fingerprint density at radius 3 is 2.50 bits per heavy atom. The number of rotatable bonds is 7. The van der Waals surface area contributed by atoms with Crippen LogP contribution < -0.4 is 0 Å². The molecular weight excluding hydrogens is 358 g/mol. The second kappa shape index (κ2) is 9.14. The summed E-state index contributed by atoms with van der Waals surface area (Å²) in [6, 6.07) is 6.45. The summed E-state index contributed by atoms with van der Waals surface area (Å²) in [5, 5.41) is 4.27. The van der Waals surface area contributed by atoms with E-state index in [-0.39, 0.29) is 0 Å². The van der Waals surface area contributed by atoms with E-state index in [4.69, 9.17) is 0 Å². The third-order valence-electron chi connectivity index (χ3n) is 6.45. The number of piperidine rings is 1. The quantitative estimate of drug-likeness (QED) is 0.721. The number of hydrogen-bond donors (Lipinski definition) is 0. The second-order valence-electron chi connectivity index (χ2n) is 8.30. The molecule has 152 valence electrons. The number of nitrogens with zero attached hydrogens (tertiary/aromatic N) is 4. The van der Waals surface area contributed by atoms with Gasteiger partial charge in [-0.15, -0.1) is 0 Å². The van der Waals surface area contributed by atoms with Crippen molar-refractivity contribution in [1.82, 2.24) is 19.6 Å². The van der Waals surface area contributed by atoms with Gasteiger partial charge in [0.05, 0.1) is 0 Å². The maximum Gasteiger partial charge on any atom is 0.163 e. The number of hydrogen-bond acceptors (Lipinski definition) is 3. The van der Waals surface area contributed by atoms with E-state index in [9.17, 15) is 8.78 Å². The SMILES string of the molecule is Fc1cccc(CN2CCC([C@H]3CCN(CCCn4cccn4)C3)CC2)c1F. The first-order valence-corrected chi connectivity index (χ1v) is 10.5. The smallest absolute Gasteiger partial charge is 0.163 e. The highest BCUT2D eigenvalue weighted by Gasteiger charge is 2.31. The Morgan fingerprint density at radius 2 is 1.71 bits per heavy atom. The normalized spacial score (nSPS) is 22.1. The number of aryl methyl sites for hydroxylation is 1. The van der Waals surface area contributed by atoms with Crippen LogP contribution in [0.25, 0.3) is 0 Å². The van der Waals surface area contributed by atoms with Crippen molar-refractivity contribution in [1.29, 1.82) is 0 Å². The van der Waals surface area contributed by atoms with Crippen LogP contribution in [0.4, 0.5) is 8.78 Å². The van der Waals surface area contributed by atoms with Gasteiger partial charge in [-0.25, -0.2) is 8.78 Å². The van der Waals surface area contributed by atoms with Crippen LogP contribution in [0.15, 0.2) is 36.7 Å². The third-order valence-corrected chi connectivity index (χ3v) is 6.45. The Kier molecular flexibility index (Phi) is 6.37. The largest absolute Gasteiger partial charge is 0.303 e. The summed E-state index contributed by atoms with van der Waals surface area (Å²) in [6.45, 7) is 7.03. The molecule has 28 heavy (non-hydrogen) atoms. The fourth-order valence-corrected chi connectivity index (χ4v) is 4.83. The van der Waals surface area contributed by atoms with Crippen LogP contribution in [0.3, 0.4) is 0 Å². The number of aromatic nitrogens is 2. The zero-order chi connectivity index (χ0) is 19.3. The van der Waals surface area contributed by atoms with Gasteiger partial charge in [-0.1, -0.05) is 12.1 Å². The molecule has 0 aliphatic carbocycles. The number of benzene rings is 1. The van der Waals surface area contributed by atoms with Crippen molar-refractivity contribution in [2.45, 2.75) is 38.8 Å². The first kappa shape index (κ1) is 19.5. The molecule has 1 aromatic heterocycles. The number of halogens is 2. The highest BCUT2D eigenvalue weighted by molar-refractivity contribution is 5.18. The molecule has 1 atom stereocenters. The molecule has 4 rings (SSSR count). The molecule has 0 bridgehead atoms. The molecule has 6 heteroatoms. The van der Waals surface area contributed by atoms with Crippen LogP contribution in [-0.4, -0.2) is 52.3 Å². The van der Waals surface area contributed by atoms with Crippen molar-refractivity contribution in [2.24, 2.45) is 11.8 Å². The Balaban J connectivity index is 1.18. The van der Waals surface area contributed by atoms with Gasteiger partial charge in [-0.2, -0.15) is 5.10 Å². The lowest BCUT2D eigenvalue weighted by molar-refractivity contribution is 0.140. The highest BCUT2D eigenvalue weighted by Crippen LogP contribution is 2.32. The predicted molar refractivity (Wildman–Crippen MR) is 106 cm³/mol. The third kappa shape index (κ3) is 4.78. The van der Waals surface area contributed by atoms with Gasteiger partial charge in [-0.3, -0.25) is 9.58 Å². The first-order valence-electron chi connectivity index (χ1n) is 10.5. The standard InChI is InChI=1S/C22H30F2N4/c23-21-5-1-4-20(22(21)24)17-27-13-6-18(7-14-27)19-8-15-26(16-19)10-3-12-28-11-2-9-25-28/h1-2,4-5,9,11,18-19H,3,6-8,10,12-17H2/t19-/m0/s1. The zero-order valence-corrected chi connectivity index (χ0v) is 16.4. The monoisotopic (exact) mass is 388 g/mol. The Labute approximate surface area is 166 Å². The minimum atomic E-state index is -0.744. The summed E-state index contributed by atoms with van der Waals surface area (Å²) in [4.78, 5) is 4.87. The zero-order valence-electron chi connectivity index (χ0n) is 16.4. The van der Waals surface area contributed by atoms with Gasteiger partial charge in [0.2, 0.25) is 0 Å². The van der Waals surface area contributed by atoms with E-state index in [1.807, 2.05) is 23.1 Å². The molecule has 0 amide bonds. The van der Waals surface area contributed by atoms with E-state index in [0.717, 1.165) is 44.4 Å². The number of likely N-dealkylation sites (tertiary alicyclic amines) is 2. The van der Waals surface area contributed by atoms with E-state index in [2.05, 4.69) is 14.9 Å². The molecule has 0 N–H and O–H groups in total. The van der Waals surface area contributed by atoms with Gasteiger partial charge in [0, 0.05) is 37.6 Å². The molecule has 0 radical (unpaired) electrons. The average Bonchev–Trinajstić information content (AvgIpc) is 3.38. The molecule has 3 heterocycles. The predicted octanol–water partition coefficient (Wildman–Crippen LogP) is 3.79. The van der Waals surface area contributed by atoms with Crippen molar-refractivity contribution in [3.05, 3.63) is 53.9 Å². The Hall–Kier alpha value is -1.79. The minimum absolute atomic E-state index is 0.475. The van der Waals surface area contributed by atoms with Gasteiger partial charge in [0.15, 0.2) is 11.6 Å². The van der Waals surface area contributed by atoms with Crippen LogP contribution in [0.2, 0.25) is 0 Å². The highest BCUT2D eigenvalue weighted by atomic mass is 19.2. The summed E-state index contributed by atoms with van der Waals surface area (Å²) in [5.41, 5.74) is 0.475. The summed E-state index contributed by atoms with van der Waals surface area (Å²) < 4.78 is 29.3. The van der Waals surface area contributed by atoms with Crippen LogP contribution >= 0.6 is 0 Å². The van der Waals surface area contributed by atoms with Gasteiger partial charge >= 0.3 is 0 Å². The van der Waals surface area contributed by atoms with E-state index in [0.29, 0.717) is 12.1 Å². The maximum atomic E-state index is 13.9. The van der Waals surface area contributed by atoms with Crippen molar-refractivity contribution < 1.29 is 8.78 Å². The maximum absolute atomic E-state index is 13.9. The minimum Gasteiger partial charge on any atom is -0.303 e. The lowest BCUT2D eigenvalue weighted by atomic mass is 9.83. The Bertz CT molecular complexity index is 741.